The van der Waals surface area contributed by atoms with Crippen molar-refractivity contribution in [2.45, 2.75) is 13.8 Å². The molecule has 0 aromatic heterocycles. The van der Waals surface area contributed by atoms with Gasteiger partial charge in [0.2, 0.25) is 5.91 Å². The van der Waals surface area contributed by atoms with Crippen LogP contribution in [0.1, 0.15) is 12.5 Å². The average molecular weight is 228 g/mol. The van der Waals surface area contributed by atoms with Crippen molar-refractivity contribution in [3.8, 4) is 5.75 Å². The van der Waals surface area contributed by atoms with Gasteiger partial charge in [0.1, 0.15) is 12.4 Å². The van der Waals surface area contributed by atoms with Crippen LogP contribution in [0.3, 0.4) is 0 Å². The molecule has 1 N–H and O–H groups in total. The Bertz CT molecular complexity index is 352. The van der Waals surface area contributed by atoms with Crippen LogP contribution in [0, 0.1) is 6.92 Å². The van der Waals surface area contributed by atoms with Crippen molar-refractivity contribution in [3.63, 3.8) is 0 Å². The molecule has 0 fully saturated rings. The van der Waals surface area contributed by atoms with Crippen LogP contribution >= 0.6 is 11.6 Å². The summed E-state index contributed by atoms with van der Waals surface area (Å²) in [6.45, 7) is 4.35. The molecule has 0 radical (unpaired) electrons. The minimum atomic E-state index is -0.0551. The Hall–Kier alpha value is -1.22. The number of rotatable bonds is 4. The molecule has 0 unspecified atom stereocenters. The van der Waals surface area contributed by atoms with E-state index < -0.39 is 0 Å². The zero-order valence-corrected chi connectivity index (χ0v) is 9.60. The number of hydrogen-bond donors (Lipinski definition) is 1. The molecule has 3 nitrogen and oxygen atoms in total. The molecule has 1 aromatic carbocycles. The van der Waals surface area contributed by atoms with E-state index in [0.717, 1.165) is 11.3 Å². The number of carbonyl (C=O) groups is 1. The maximum absolute atomic E-state index is 10.6. The first-order chi connectivity index (χ1) is 7.09. The molecule has 0 bridgehead atoms. The lowest BCUT2D eigenvalue weighted by atomic mass is 10.2. The van der Waals surface area contributed by atoms with E-state index in [2.05, 4.69) is 5.32 Å². The molecule has 1 rings (SSSR count). The molecule has 0 heterocycles. The van der Waals surface area contributed by atoms with Crippen LogP contribution in [-0.4, -0.2) is 19.1 Å². The van der Waals surface area contributed by atoms with Gasteiger partial charge in [0, 0.05) is 11.9 Å². The Morgan fingerprint density at radius 1 is 1.53 bits per heavy atom. The van der Waals surface area contributed by atoms with Gasteiger partial charge in [-0.15, -0.1) is 0 Å². The van der Waals surface area contributed by atoms with E-state index in [9.17, 15) is 4.79 Å². The largest absolute Gasteiger partial charge is 0.492 e. The first kappa shape index (κ1) is 11.9. The second kappa shape index (κ2) is 5.61. The SMILES string of the molecule is CC(=O)NCCOc1ccc(C)c(Cl)c1. The summed E-state index contributed by atoms with van der Waals surface area (Å²) in [7, 11) is 0. The van der Waals surface area contributed by atoms with Gasteiger partial charge in [0.25, 0.3) is 0 Å². The zero-order valence-electron chi connectivity index (χ0n) is 8.84. The van der Waals surface area contributed by atoms with Crippen LogP contribution in [0.5, 0.6) is 5.75 Å². The van der Waals surface area contributed by atoms with Crippen LogP contribution < -0.4 is 10.1 Å². The monoisotopic (exact) mass is 227 g/mol. The van der Waals surface area contributed by atoms with Gasteiger partial charge in [0.05, 0.1) is 6.54 Å². The van der Waals surface area contributed by atoms with Crippen LogP contribution in [-0.2, 0) is 4.79 Å². The van der Waals surface area contributed by atoms with Gasteiger partial charge in [-0.3, -0.25) is 4.79 Å². The van der Waals surface area contributed by atoms with E-state index in [4.69, 9.17) is 16.3 Å². The second-order valence-electron chi connectivity index (χ2n) is 3.24. The zero-order chi connectivity index (χ0) is 11.3. The van der Waals surface area contributed by atoms with E-state index in [-0.39, 0.29) is 5.91 Å². The summed E-state index contributed by atoms with van der Waals surface area (Å²) in [4.78, 5) is 10.6. The third-order valence-corrected chi connectivity index (χ3v) is 2.30. The number of carbonyl (C=O) groups excluding carboxylic acids is 1. The fourth-order valence-corrected chi connectivity index (χ4v) is 1.23. The van der Waals surface area contributed by atoms with Crippen molar-refractivity contribution in [3.05, 3.63) is 28.8 Å². The Kier molecular flexibility index (Phi) is 4.43. The van der Waals surface area contributed by atoms with Gasteiger partial charge < -0.3 is 10.1 Å². The van der Waals surface area contributed by atoms with Crippen molar-refractivity contribution >= 4 is 17.5 Å². The molecule has 0 aliphatic carbocycles. The molecular weight excluding hydrogens is 214 g/mol. The minimum absolute atomic E-state index is 0.0551. The fourth-order valence-electron chi connectivity index (χ4n) is 1.06. The highest BCUT2D eigenvalue weighted by molar-refractivity contribution is 6.31. The number of benzene rings is 1. The molecular formula is C11H14ClNO2. The van der Waals surface area contributed by atoms with Gasteiger partial charge >= 0.3 is 0 Å². The number of amides is 1. The van der Waals surface area contributed by atoms with Crippen molar-refractivity contribution < 1.29 is 9.53 Å². The number of hydrogen-bond acceptors (Lipinski definition) is 2. The molecule has 0 atom stereocenters. The first-order valence-electron chi connectivity index (χ1n) is 4.73. The average Bonchev–Trinajstić information content (AvgIpc) is 2.18. The highest BCUT2D eigenvalue weighted by Gasteiger charge is 1.98. The lowest BCUT2D eigenvalue weighted by Gasteiger charge is -2.07. The smallest absolute Gasteiger partial charge is 0.216 e. The van der Waals surface area contributed by atoms with Gasteiger partial charge in [-0.2, -0.15) is 0 Å². The maximum Gasteiger partial charge on any atom is 0.216 e. The van der Waals surface area contributed by atoms with Crippen LogP contribution in [0.4, 0.5) is 0 Å². The summed E-state index contributed by atoms with van der Waals surface area (Å²) in [6.07, 6.45) is 0. The molecule has 1 amide bonds. The maximum atomic E-state index is 10.6. The Labute approximate surface area is 94.4 Å². The van der Waals surface area contributed by atoms with Crippen LogP contribution in [0.25, 0.3) is 0 Å². The lowest BCUT2D eigenvalue weighted by Crippen LogP contribution is -2.25. The quantitative estimate of drug-likeness (QED) is 0.801. The van der Waals surface area contributed by atoms with E-state index in [1.807, 2.05) is 19.1 Å². The van der Waals surface area contributed by atoms with Crippen molar-refractivity contribution in [1.82, 2.24) is 5.32 Å². The summed E-state index contributed by atoms with van der Waals surface area (Å²) in [5.74, 6) is 0.663. The molecule has 15 heavy (non-hydrogen) atoms. The summed E-state index contributed by atoms with van der Waals surface area (Å²) in [5, 5.41) is 3.33. The Balaban J connectivity index is 2.38. The van der Waals surface area contributed by atoms with Crippen LogP contribution in [0.2, 0.25) is 5.02 Å². The molecule has 4 heteroatoms. The van der Waals surface area contributed by atoms with Gasteiger partial charge in [0.15, 0.2) is 0 Å². The predicted octanol–water partition coefficient (Wildman–Crippen LogP) is 2.16. The van der Waals surface area contributed by atoms with Gasteiger partial charge in [-0.05, 0) is 24.6 Å². The standard InChI is InChI=1S/C11H14ClNO2/c1-8-3-4-10(7-11(8)12)15-6-5-13-9(2)14/h3-4,7H,5-6H2,1-2H3,(H,13,14). The minimum Gasteiger partial charge on any atom is -0.492 e. The number of halogens is 1. The highest BCUT2D eigenvalue weighted by Crippen LogP contribution is 2.21. The summed E-state index contributed by atoms with van der Waals surface area (Å²) >= 11 is 5.93. The first-order valence-corrected chi connectivity index (χ1v) is 5.11. The summed E-state index contributed by atoms with van der Waals surface area (Å²) in [6, 6.07) is 5.52. The molecule has 0 aliphatic rings. The lowest BCUT2D eigenvalue weighted by molar-refractivity contribution is -0.119. The van der Waals surface area contributed by atoms with E-state index in [1.54, 1.807) is 6.07 Å². The number of aryl methyl sites for hydroxylation is 1. The van der Waals surface area contributed by atoms with E-state index >= 15 is 0 Å². The number of ether oxygens (including phenoxy) is 1. The molecule has 0 saturated carbocycles. The Morgan fingerprint density at radius 3 is 2.87 bits per heavy atom. The Morgan fingerprint density at radius 2 is 2.27 bits per heavy atom. The molecule has 0 saturated heterocycles. The third-order valence-electron chi connectivity index (χ3n) is 1.89. The molecule has 1 aromatic rings. The van der Waals surface area contributed by atoms with E-state index in [1.165, 1.54) is 6.92 Å². The van der Waals surface area contributed by atoms with Gasteiger partial charge in [-0.1, -0.05) is 17.7 Å². The fraction of sp³-hybridized carbons (Fsp3) is 0.364. The summed E-state index contributed by atoms with van der Waals surface area (Å²) in [5.41, 5.74) is 1.02. The van der Waals surface area contributed by atoms with E-state index in [0.29, 0.717) is 18.2 Å². The van der Waals surface area contributed by atoms with Gasteiger partial charge in [-0.25, -0.2) is 0 Å². The van der Waals surface area contributed by atoms with Crippen LogP contribution in [0.15, 0.2) is 18.2 Å². The summed E-state index contributed by atoms with van der Waals surface area (Å²) < 4.78 is 5.39. The van der Waals surface area contributed by atoms with Crippen molar-refractivity contribution in [1.29, 1.82) is 0 Å². The van der Waals surface area contributed by atoms with Crippen molar-refractivity contribution in [2.75, 3.05) is 13.2 Å². The topological polar surface area (TPSA) is 38.3 Å². The third kappa shape index (κ3) is 4.21. The normalized spacial score (nSPS) is 9.80. The predicted molar refractivity (Wildman–Crippen MR) is 60.4 cm³/mol. The molecule has 0 aliphatic heterocycles. The highest BCUT2D eigenvalue weighted by atomic mass is 35.5. The molecule has 0 spiro atoms. The van der Waals surface area contributed by atoms with Crippen molar-refractivity contribution in [2.24, 2.45) is 0 Å². The second-order valence-corrected chi connectivity index (χ2v) is 3.65. The molecule has 82 valence electrons. The number of nitrogens with one attached hydrogen (secondary N) is 1.